The van der Waals surface area contributed by atoms with Gasteiger partial charge in [0.25, 0.3) is 0 Å². The number of aromatic nitrogens is 1. The van der Waals surface area contributed by atoms with Gasteiger partial charge >= 0.3 is 11.9 Å². The van der Waals surface area contributed by atoms with Crippen molar-refractivity contribution in [3.63, 3.8) is 0 Å². The molecule has 1 heterocycles. The van der Waals surface area contributed by atoms with Gasteiger partial charge in [-0.05, 0) is 55.0 Å². The molecule has 1 N–H and O–H groups in total. The van der Waals surface area contributed by atoms with E-state index >= 15 is 0 Å². The minimum absolute atomic E-state index is 0.0276. The van der Waals surface area contributed by atoms with Crippen molar-refractivity contribution in [1.82, 2.24) is 4.73 Å². The van der Waals surface area contributed by atoms with E-state index in [4.69, 9.17) is 4.84 Å². The molecule has 33 heavy (non-hydrogen) atoms. The first-order chi connectivity index (χ1) is 16.1. The fourth-order valence-corrected chi connectivity index (χ4v) is 4.32. The number of unbranched alkanes of at least 4 members (excludes halogenated alkanes) is 10. The van der Waals surface area contributed by atoms with Crippen LogP contribution in [0.25, 0.3) is 0 Å². The van der Waals surface area contributed by atoms with Gasteiger partial charge in [0.05, 0.1) is 11.1 Å². The molecule has 0 spiro atoms. The zero-order chi connectivity index (χ0) is 23.9. The summed E-state index contributed by atoms with van der Waals surface area (Å²) in [5.74, 6) is -1.70. The number of carboxylic acid groups (broad SMARTS) is 1. The Morgan fingerprint density at radius 2 is 1.33 bits per heavy atom. The second-order valence-corrected chi connectivity index (χ2v) is 8.89. The largest absolute Gasteiger partial charge is 0.478 e. The van der Waals surface area contributed by atoms with Crippen LogP contribution in [0.5, 0.6) is 0 Å². The molecule has 0 radical (unpaired) electrons. The number of benzene rings is 1. The summed E-state index contributed by atoms with van der Waals surface area (Å²) in [4.78, 5) is 30.6. The Bertz CT molecular complexity index is 842. The Labute approximate surface area is 199 Å². The molecular formula is C28H41NO4. The van der Waals surface area contributed by atoms with Crippen molar-refractivity contribution in [3.05, 3.63) is 58.9 Å². The Hall–Kier alpha value is -2.56. The van der Waals surface area contributed by atoms with E-state index in [0.29, 0.717) is 6.42 Å². The van der Waals surface area contributed by atoms with Crippen molar-refractivity contribution in [3.8, 4) is 0 Å². The number of carbonyl (C=O) groups is 2. The number of carbonyl (C=O) groups excluding carboxylic acids is 1. The average molecular weight is 456 g/mol. The van der Waals surface area contributed by atoms with Gasteiger partial charge in [-0.25, -0.2) is 9.59 Å². The highest BCUT2D eigenvalue weighted by Gasteiger charge is 2.25. The SMILES string of the molecule is CCCCCCCCc1ccc(C(=O)O)c(C(=O)On2cccc2)c1CCCCCCCC. The molecule has 0 aliphatic carbocycles. The molecule has 0 amide bonds. The summed E-state index contributed by atoms with van der Waals surface area (Å²) in [7, 11) is 0. The maximum Gasteiger partial charge on any atom is 0.364 e. The van der Waals surface area contributed by atoms with Crippen LogP contribution in [0.4, 0.5) is 0 Å². The predicted octanol–water partition coefficient (Wildman–Crippen LogP) is 7.26. The molecule has 0 saturated carbocycles. The lowest BCUT2D eigenvalue weighted by Crippen LogP contribution is -2.23. The van der Waals surface area contributed by atoms with Crippen LogP contribution in [0.15, 0.2) is 36.7 Å². The molecule has 1 aromatic carbocycles. The summed E-state index contributed by atoms with van der Waals surface area (Å²) >= 11 is 0. The monoisotopic (exact) mass is 455 g/mol. The summed E-state index contributed by atoms with van der Waals surface area (Å²) in [5.41, 5.74) is 2.19. The maximum atomic E-state index is 13.1. The molecule has 2 aromatic rings. The Balaban J connectivity index is 2.22. The van der Waals surface area contributed by atoms with Gasteiger partial charge in [0.2, 0.25) is 0 Å². The van der Waals surface area contributed by atoms with Crippen LogP contribution < -0.4 is 4.84 Å². The van der Waals surface area contributed by atoms with Crippen LogP contribution in [0.3, 0.4) is 0 Å². The van der Waals surface area contributed by atoms with Gasteiger partial charge in [-0.15, -0.1) is 0 Å². The minimum atomic E-state index is -1.09. The van der Waals surface area contributed by atoms with Gasteiger partial charge in [0.15, 0.2) is 0 Å². The molecule has 5 heteroatoms. The lowest BCUT2D eigenvalue weighted by Gasteiger charge is -2.17. The van der Waals surface area contributed by atoms with Crippen LogP contribution in [-0.4, -0.2) is 21.8 Å². The third kappa shape index (κ3) is 9.07. The van der Waals surface area contributed by atoms with E-state index in [2.05, 4.69) is 13.8 Å². The molecule has 0 saturated heterocycles. The summed E-state index contributed by atoms with van der Waals surface area (Å²) in [6, 6.07) is 7.01. The molecule has 5 nitrogen and oxygen atoms in total. The first-order valence-corrected chi connectivity index (χ1v) is 12.8. The minimum Gasteiger partial charge on any atom is -0.478 e. The number of nitrogens with zero attached hydrogens (tertiary/aromatic N) is 1. The van der Waals surface area contributed by atoms with Gasteiger partial charge in [0.1, 0.15) is 0 Å². The van der Waals surface area contributed by atoms with Crippen molar-refractivity contribution in [2.45, 2.75) is 104 Å². The molecule has 2 rings (SSSR count). The molecule has 1 aromatic heterocycles. The topological polar surface area (TPSA) is 68.5 Å². The molecule has 0 unspecified atom stereocenters. The summed E-state index contributed by atoms with van der Waals surface area (Å²) in [6.45, 7) is 4.42. The standard InChI is InChI=1S/C28H41NO4/c1-3-5-7-9-11-13-17-23-19-20-25(27(30)31)26(28(32)33-29-21-15-16-22-29)24(23)18-14-12-10-8-6-4-2/h15-16,19-22H,3-14,17-18H2,1-2H3,(H,30,31). The Morgan fingerprint density at radius 3 is 1.91 bits per heavy atom. The first kappa shape index (κ1) is 26.7. The van der Waals surface area contributed by atoms with E-state index in [1.807, 2.05) is 6.07 Å². The zero-order valence-electron chi connectivity index (χ0n) is 20.5. The lowest BCUT2D eigenvalue weighted by atomic mass is 9.89. The summed E-state index contributed by atoms with van der Waals surface area (Å²) in [5, 5.41) is 9.81. The van der Waals surface area contributed by atoms with Crippen molar-refractivity contribution in [2.75, 3.05) is 0 Å². The molecule has 0 atom stereocenters. The van der Waals surface area contributed by atoms with Crippen molar-refractivity contribution >= 4 is 11.9 Å². The molecule has 0 aliphatic heterocycles. The van der Waals surface area contributed by atoms with E-state index in [0.717, 1.165) is 43.2 Å². The van der Waals surface area contributed by atoms with Gasteiger partial charge < -0.3 is 9.94 Å². The average Bonchev–Trinajstić information content (AvgIpc) is 3.31. The van der Waals surface area contributed by atoms with Crippen molar-refractivity contribution in [1.29, 1.82) is 0 Å². The van der Waals surface area contributed by atoms with Gasteiger partial charge in [-0.1, -0.05) is 84.1 Å². The van der Waals surface area contributed by atoms with Gasteiger partial charge in [0, 0.05) is 12.4 Å². The number of hydrogen-bond acceptors (Lipinski definition) is 3. The van der Waals surface area contributed by atoms with Crippen LogP contribution in [0.1, 0.15) is 123 Å². The van der Waals surface area contributed by atoms with Crippen LogP contribution in [-0.2, 0) is 12.8 Å². The number of hydrogen-bond donors (Lipinski definition) is 1. The second-order valence-electron chi connectivity index (χ2n) is 8.89. The van der Waals surface area contributed by atoms with E-state index in [1.165, 1.54) is 56.1 Å². The molecule has 0 fully saturated rings. The van der Waals surface area contributed by atoms with E-state index in [-0.39, 0.29) is 11.1 Å². The van der Waals surface area contributed by atoms with E-state index in [9.17, 15) is 14.7 Å². The molecule has 0 bridgehead atoms. The smallest absolute Gasteiger partial charge is 0.364 e. The highest BCUT2D eigenvalue weighted by atomic mass is 16.7. The van der Waals surface area contributed by atoms with Crippen molar-refractivity contribution < 1.29 is 19.5 Å². The van der Waals surface area contributed by atoms with Gasteiger partial charge in [-0.2, -0.15) is 4.73 Å². The zero-order valence-corrected chi connectivity index (χ0v) is 20.5. The van der Waals surface area contributed by atoms with Crippen molar-refractivity contribution in [2.24, 2.45) is 0 Å². The number of rotatable bonds is 17. The predicted molar refractivity (Wildman–Crippen MR) is 133 cm³/mol. The van der Waals surface area contributed by atoms with Crippen LogP contribution in [0.2, 0.25) is 0 Å². The second kappa shape index (κ2) is 15.3. The summed E-state index contributed by atoms with van der Waals surface area (Å²) < 4.78 is 1.32. The highest BCUT2D eigenvalue weighted by molar-refractivity contribution is 6.04. The van der Waals surface area contributed by atoms with Crippen LogP contribution in [0, 0.1) is 0 Å². The third-order valence-electron chi connectivity index (χ3n) is 6.19. The normalized spacial score (nSPS) is 11.0. The first-order valence-electron chi connectivity index (χ1n) is 12.8. The third-order valence-corrected chi connectivity index (χ3v) is 6.19. The van der Waals surface area contributed by atoms with E-state index in [1.54, 1.807) is 30.6 Å². The molecule has 182 valence electrons. The lowest BCUT2D eigenvalue weighted by molar-refractivity contribution is 0.0452. The molecular weight excluding hydrogens is 414 g/mol. The molecule has 0 aliphatic rings. The fraction of sp³-hybridized carbons (Fsp3) is 0.571. The number of carboxylic acids is 1. The highest BCUT2D eigenvalue weighted by Crippen LogP contribution is 2.25. The number of aryl methyl sites for hydroxylation is 1. The maximum absolute atomic E-state index is 13.1. The fourth-order valence-electron chi connectivity index (χ4n) is 4.32. The van der Waals surface area contributed by atoms with Gasteiger partial charge in [-0.3, -0.25) is 0 Å². The van der Waals surface area contributed by atoms with Crippen LogP contribution >= 0.6 is 0 Å². The summed E-state index contributed by atoms with van der Waals surface area (Å²) in [6.07, 6.45) is 18.9. The van der Waals surface area contributed by atoms with E-state index < -0.39 is 11.9 Å². The Morgan fingerprint density at radius 1 is 0.788 bits per heavy atom. The quantitative estimate of drug-likeness (QED) is 0.255. The Kier molecular flexibility index (Phi) is 12.4. The number of aromatic carboxylic acids is 1.